The monoisotopic (exact) mass is 373 g/mol. The molecule has 4 nitrogen and oxygen atoms in total. The molecule has 0 saturated carbocycles. The number of hydrogen-bond acceptors (Lipinski definition) is 2. The molecule has 1 N–H and O–H groups in total. The first-order valence-electron chi connectivity index (χ1n) is 6.93. The first-order valence-corrected chi connectivity index (χ1v) is 8.10. The molecule has 1 aromatic rings. The van der Waals surface area contributed by atoms with Crippen molar-refractivity contribution in [2.75, 3.05) is 13.1 Å². The minimum absolute atomic E-state index is 0.0433. The van der Waals surface area contributed by atoms with Gasteiger partial charge < -0.3 is 10.0 Å². The first kappa shape index (κ1) is 16.3. The van der Waals surface area contributed by atoms with Crippen molar-refractivity contribution in [3.05, 3.63) is 33.3 Å². The number of rotatable bonds is 4. The third kappa shape index (κ3) is 4.71. The molecule has 0 aromatic heterocycles. The van der Waals surface area contributed by atoms with Gasteiger partial charge in [-0.05, 0) is 43.4 Å². The Morgan fingerprint density at radius 2 is 2.14 bits per heavy atom. The van der Waals surface area contributed by atoms with Gasteiger partial charge >= 0.3 is 5.97 Å². The summed E-state index contributed by atoms with van der Waals surface area (Å²) in [6.45, 7) is 1.34. The molecule has 1 saturated heterocycles. The topological polar surface area (TPSA) is 57.6 Å². The minimum atomic E-state index is -0.780. The second kappa shape index (κ2) is 7.27. The first-order chi connectivity index (χ1) is 9.95. The molecule has 1 aromatic carbocycles. The molecule has 1 aliphatic rings. The molecule has 1 heterocycles. The lowest BCUT2D eigenvalue weighted by Crippen LogP contribution is -2.40. The second-order valence-electron chi connectivity index (χ2n) is 5.35. The van der Waals surface area contributed by atoms with Crippen LogP contribution in [0.25, 0.3) is 0 Å². The average Bonchev–Trinajstić information content (AvgIpc) is 2.43. The Balaban J connectivity index is 2.03. The van der Waals surface area contributed by atoms with Gasteiger partial charge in [-0.25, -0.2) is 0 Å². The highest BCUT2D eigenvalue weighted by atomic mass is 79.9. The summed E-state index contributed by atoms with van der Waals surface area (Å²) in [5.74, 6) is -0.558. The molecule has 1 aliphatic heterocycles. The van der Waals surface area contributed by atoms with Gasteiger partial charge in [0.05, 0.1) is 0 Å². The summed E-state index contributed by atoms with van der Waals surface area (Å²) in [4.78, 5) is 25.0. The fraction of sp³-hybridized carbons (Fsp3) is 0.467. The van der Waals surface area contributed by atoms with E-state index < -0.39 is 5.97 Å². The highest BCUT2D eigenvalue weighted by molar-refractivity contribution is 9.10. The summed E-state index contributed by atoms with van der Waals surface area (Å²) in [7, 11) is 0. The lowest BCUT2D eigenvalue weighted by Gasteiger charge is -2.32. The van der Waals surface area contributed by atoms with Crippen LogP contribution in [0.3, 0.4) is 0 Å². The van der Waals surface area contributed by atoms with Crippen molar-refractivity contribution in [1.82, 2.24) is 4.90 Å². The van der Waals surface area contributed by atoms with Gasteiger partial charge in [-0.3, -0.25) is 9.59 Å². The van der Waals surface area contributed by atoms with Crippen molar-refractivity contribution in [3.63, 3.8) is 0 Å². The maximum atomic E-state index is 12.5. The number of carbonyl (C=O) groups is 2. The number of halogens is 2. The minimum Gasteiger partial charge on any atom is -0.481 e. The van der Waals surface area contributed by atoms with Gasteiger partial charge in [0, 0.05) is 34.6 Å². The second-order valence-corrected chi connectivity index (χ2v) is 6.70. The molecule has 0 aliphatic carbocycles. The van der Waals surface area contributed by atoms with E-state index in [1.165, 1.54) is 0 Å². The Kier molecular flexibility index (Phi) is 5.65. The summed E-state index contributed by atoms with van der Waals surface area (Å²) in [5.41, 5.74) is 0.563. The van der Waals surface area contributed by atoms with E-state index in [-0.39, 0.29) is 18.2 Å². The highest BCUT2D eigenvalue weighted by Gasteiger charge is 2.25. The third-order valence-electron chi connectivity index (χ3n) is 3.68. The fourth-order valence-electron chi connectivity index (χ4n) is 2.67. The predicted molar refractivity (Wildman–Crippen MR) is 84.6 cm³/mol. The summed E-state index contributed by atoms with van der Waals surface area (Å²) < 4.78 is 0.776. The van der Waals surface area contributed by atoms with Crippen molar-refractivity contribution in [2.45, 2.75) is 25.7 Å². The van der Waals surface area contributed by atoms with Gasteiger partial charge in [-0.2, -0.15) is 0 Å². The molecule has 0 radical (unpaired) electrons. The molecule has 2 rings (SSSR count). The molecule has 0 spiro atoms. The number of aliphatic carboxylic acids is 1. The number of carboxylic acid groups (broad SMARTS) is 1. The van der Waals surface area contributed by atoms with Crippen molar-refractivity contribution in [3.8, 4) is 0 Å². The predicted octanol–water partition coefficient (Wildman–Crippen LogP) is 3.82. The van der Waals surface area contributed by atoms with Crippen LogP contribution >= 0.6 is 27.5 Å². The Morgan fingerprint density at radius 1 is 1.38 bits per heavy atom. The number of carboxylic acids is 1. The quantitative estimate of drug-likeness (QED) is 0.871. The summed E-state index contributed by atoms with van der Waals surface area (Å²) in [5, 5.41) is 9.28. The molecule has 21 heavy (non-hydrogen) atoms. The zero-order chi connectivity index (χ0) is 15.4. The number of carbonyl (C=O) groups excluding carboxylic acids is 1. The zero-order valence-electron chi connectivity index (χ0n) is 11.5. The summed E-state index contributed by atoms with van der Waals surface area (Å²) in [6, 6.07) is 5.16. The van der Waals surface area contributed by atoms with Crippen molar-refractivity contribution in [2.24, 2.45) is 5.92 Å². The number of likely N-dealkylation sites (tertiary alicyclic amines) is 1. The lowest BCUT2D eigenvalue weighted by molar-refractivity contribution is -0.137. The van der Waals surface area contributed by atoms with E-state index in [9.17, 15) is 9.59 Å². The van der Waals surface area contributed by atoms with Crippen molar-refractivity contribution in [1.29, 1.82) is 0 Å². The Hall–Kier alpha value is -1.07. The molecular formula is C15H17BrClNO3. The number of hydrogen-bond donors (Lipinski definition) is 1. The zero-order valence-corrected chi connectivity index (χ0v) is 13.9. The van der Waals surface area contributed by atoms with Crippen LogP contribution in [0, 0.1) is 5.92 Å². The SMILES string of the molecule is O=C(O)CCC1CCCN(C(=O)c2cc(Cl)cc(Br)c2)C1. The van der Waals surface area contributed by atoms with Crippen LogP contribution in [-0.2, 0) is 4.79 Å². The third-order valence-corrected chi connectivity index (χ3v) is 4.36. The Bertz CT molecular complexity index is 529. The molecule has 1 amide bonds. The molecule has 0 bridgehead atoms. The highest BCUT2D eigenvalue weighted by Crippen LogP contribution is 2.25. The van der Waals surface area contributed by atoms with Crippen LogP contribution in [0.15, 0.2) is 22.7 Å². The van der Waals surface area contributed by atoms with Gasteiger partial charge in [0.15, 0.2) is 0 Å². The van der Waals surface area contributed by atoms with Gasteiger partial charge in [-0.15, -0.1) is 0 Å². The van der Waals surface area contributed by atoms with Crippen LogP contribution in [0.4, 0.5) is 0 Å². The van der Waals surface area contributed by atoms with E-state index in [1.54, 1.807) is 23.1 Å². The van der Waals surface area contributed by atoms with Crippen LogP contribution in [0.1, 0.15) is 36.0 Å². The Labute approximate surface area is 137 Å². The summed E-state index contributed by atoms with van der Waals surface area (Å²) >= 11 is 9.32. The van der Waals surface area contributed by atoms with Crippen molar-refractivity contribution < 1.29 is 14.7 Å². The van der Waals surface area contributed by atoms with Gasteiger partial charge in [0.2, 0.25) is 0 Å². The summed E-state index contributed by atoms with van der Waals surface area (Å²) in [6.07, 6.45) is 2.68. The lowest BCUT2D eigenvalue weighted by atomic mass is 9.93. The number of piperidine rings is 1. The van der Waals surface area contributed by atoms with Crippen molar-refractivity contribution >= 4 is 39.4 Å². The van der Waals surface area contributed by atoms with Gasteiger partial charge in [0.1, 0.15) is 0 Å². The molecule has 1 unspecified atom stereocenters. The normalized spacial score (nSPS) is 18.6. The fourth-order valence-corrected chi connectivity index (χ4v) is 3.53. The van der Waals surface area contributed by atoms with Gasteiger partial charge in [0.25, 0.3) is 5.91 Å². The van der Waals surface area contributed by atoms with Crippen LogP contribution < -0.4 is 0 Å². The van der Waals surface area contributed by atoms with Gasteiger partial charge in [-0.1, -0.05) is 27.5 Å². The van der Waals surface area contributed by atoms with E-state index in [2.05, 4.69) is 15.9 Å². The van der Waals surface area contributed by atoms with Crippen LogP contribution in [-0.4, -0.2) is 35.0 Å². The molecule has 1 fully saturated rings. The van der Waals surface area contributed by atoms with E-state index in [4.69, 9.17) is 16.7 Å². The standard InChI is InChI=1S/C15H17BrClNO3/c16-12-6-11(7-13(17)8-12)15(21)18-5-1-2-10(9-18)3-4-14(19)20/h6-8,10H,1-5,9H2,(H,19,20). The number of benzene rings is 1. The molecular weight excluding hydrogens is 358 g/mol. The largest absolute Gasteiger partial charge is 0.481 e. The number of amides is 1. The smallest absolute Gasteiger partial charge is 0.303 e. The molecule has 6 heteroatoms. The van der Waals surface area contributed by atoms with Crippen LogP contribution in [0.2, 0.25) is 5.02 Å². The van der Waals surface area contributed by atoms with E-state index in [1.807, 2.05) is 0 Å². The van der Waals surface area contributed by atoms with E-state index in [0.29, 0.717) is 30.1 Å². The molecule has 1 atom stereocenters. The Morgan fingerprint density at radius 3 is 2.81 bits per heavy atom. The van der Waals surface area contributed by atoms with Crippen LogP contribution in [0.5, 0.6) is 0 Å². The maximum Gasteiger partial charge on any atom is 0.303 e. The maximum absolute atomic E-state index is 12.5. The number of nitrogens with zero attached hydrogens (tertiary/aromatic N) is 1. The van der Waals surface area contributed by atoms with E-state index in [0.717, 1.165) is 17.3 Å². The van der Waals surface area contributed by atoms with E-state index >= 15 is 0 Å². The molecule has 114 valence electrons. The average molecular weight is 375 g/mol.